The van der Waals surface area contributed by atoms with Crippen molar-refractivity contribution >= 4 is 41.5 Å². The molecule has 0 aromatic carbocycles. The molecule has 6 atom stereocenters. The van der Waals surface area contributed by atoms with Gasteiger partial charge in [0.25, 0.3) is 0 Å². The van der Waals surface area contributed by atoms with Crippen LogP contribution < -0.4 is 55.7 Å². The number of aliphatic carboxylic acids is 1. The summed E-state index contributed by atoms with van der Waals surface area (Å²) in [6, 6.07) is -6.13. The minimum atomic E-state index is -1.55. The molecule has 0 aliphatic heterocycles. The average molecular weight is 673 g/mol. The van der Waals surface area contributed by atoms with Crippen LogP contribution in [-0.2, 0) is 24.0 Å². The van der Waals surface area contributed by atoms with Crippen LogP contribution >= 0.6 is 0 Å². The van der Waals surface area contributed by atoms with E-state index in [0.29, 0.717) is 25.8 Å². The molecule has 0 unspecified atom stereocenters. The van der Waals surface area contributed by atoms with E-state index in [2.05, 4.69) is 31.3 Å². The van der Waals surface area contributed by atoms with Gasteiger partial charge in [-0.25, -0.2) is 4.79 Å². The monoisotopic (exact) mass is 672 g/mol. The number of guanidine groups is 2. The Balaban J connectivity index is 5.82. The SMILES string of the molecule is CC(C)C[C@H](NC(=O)[C@H](NC(=O)[C@H](CCCN=C(N)N)NC(=O)[C@H](N)CCCCN)[C@@H](C)O)C(=O)N[C@H](CCCN=C(N)N)C(=O)O. The number of carboxylic acid groups (broad SMARTS) is 1. The fraction of sp³-hybridized carbons (Fsp3) is 0.750. The molecule has 19 nitrogen and oxygen atoms in total. The Hall–Kier alpha value is -4.23. The number of nitrogens with one attached hydrogen (secondary N) is 4. The van der Waals surface area contributed by atoms with Gasteiger partial charge in [-0.15, -0.1) is 0 Å². The summed E-state index contributed by atoms with van der Waals surface area (Å²) in [5, 5.41) is 30.0. The second-order valence-electron chi connectivity index (χ2n) is 11.7. The number of carbonyl (C=O) groups is 5. The zero-order valence-electron chi connectivity index (χ0n) is 27.6. The molecule has 0 spiro atoms. The van der Waals surface area contributed by atoms with Crippen molar-refractivity contribution in [1.29, 1.82) is 0 Å². The van der Waals surface area contributed by atoms with Gasteiger partial charge >= 0.3 is 5.97 Å². The maximum atomic E-state index is 13.4. The van der Waals surface area contributed by atoms with Crippen LogP contribution in [0.25, 0.3) is 0 Å². The Kier molecular flexibility index (Phi) is 21.1. The zero-order valence-corrected chi connectivity index (χ0v) is 27.6. The zero-order chi connectivity index (χ0) is 36.1. The van der Waals surface area contributed by atoms with Crippen LogP contribution in [0, 0.1) is 5.92 Å². The molecule has 270 valence electrons. The summed E-state index contributed by atoms with van der Waals surface area (Å²) in [4.78, 5) is 72.1. The van der Waals surface area contributed by atoms with Crippen molar-refractivity contribution in [1.82, 2.24) is 21.3 Å². The van der Waals surface area contributed by atoms with E-state index >= 15 is 0 Å². The fourth-order valence-corrected chi connectivity index (χ4v) is 4.35. The number of hydrogen-bond donors (Lipinski definition) is 12. The number of aliphatic hydroxyl groups excluding tert-OH is 1. The van der Waals surface area contributed by atoms with Gasteiger partial charge in [0.15, 0.2) is 11.9 Å². The van der Waals surface area contributed by atoms with E-state index in [0.717, 1.165) is 0 Å². The third-order valence-electron chi connectivity index (χ3n) is 6.85. The quantitative estimate of drug-likeness (QED) is 0.0264. The van der Waals surface area contributed by atoms with E-state index in [9.17, 15) is 34.2 Å². The average Bonchev–Trinajstić information content (AvgIpc) is 2.97. The summed E-state index contributed by atoms with van der Waals surface area (Å²) in [5.41, 5.74) is 32.8. The van der Waals surface area contributed by atoms with Gasteiger partial charge in [-0.1, -0.05) is 20.3 Å². The first-order chi connectivity index (χ1) is 22.0. The second kappa shape index (κ2) is 23.1. The number of nitrogens with two attached hydrogens (primary N) is 6. The Morgan fingerprint density at radius 1 is 0.660 bits per heavy atom. The molecule has 19 heteroatoms. The lowest BCUT2D eigenvalue weighted by molar-refractivity contribution is -0.142. The highest BCUT2D eigenvalue weighted by atomic mass is 16.4. The van der Waals surface area contributed by atoms with Crippen molar-refractivity contribution in [3.63, 3.8) is 0 Å². The van der Waals surface area contributed by atoms with Gasteiger partial charge < -0.3 is 65.9 Å². The molecule has 18 N–H and O–H groups in total. The number of amides is 4. The van der Waals surface area contributed by atoms with Crippen molar-refractivity contribution in [3.8, 4) is 0 Å². The summed E-state index contributed by atoms with van der Waals surface area (Å²) in [5.74, 6) is -4.78. The van der Waals surface area contributed by atoms with Crippen LogP contribution in [0.4, 0.5) is 0 Å². The molecule has 0 saturated carbocycles. The first-order valence-corrected chi connectivity index (χ1v) is 15.7. The number of hydrogen-bond acceptors (Lipinski definition) is 10. The van der Waals surface area contributed by atoms with Crippen molar-refractivity contribution in [2.45, 2.75) is 108 Å². The fourth-order valence-electron chi connectivity index (χ4n) is 4.35. The molecule has 0 saturated heterocycles. The topological polar surface area (TPSA) is 355 Å². The normalized spacial score (nSPS) is 14.8. The second-order valence-corrected chi connectivity index (χ2v) is 11.7. The summed E-state index contributed by atoms with van der Waals surface area (Å²) in [7, 11) is 0. The van der Waals surface area contributed by atoms with E-state index in [1.54, 1.807) is 13.8 Å². The van der Waals surface area contributed by atoms with Crippen LogP contribution in [0.3, 0.4) is 0 Å². The van der Waals surface area contributed by atoms with Gasteiger partial charge in [-0.3, -0.25) is 29.2 Å². The Bertz CT molecular complexity index is 1060. The molecular formula is C28H56N12O7. The van der Waals surface area contributed by atoms with Gasteiger partial charge in [0.2, 0.25) is 23.6 Å². The maximum absolute atomic E-state index is 13.4. The molecule has 0 fully saturated rings. The smallest absolute Gasteiger partial charge is 0.326 e. The Morgan fingerprint density at radius 3 is 1.62 bits per heavy atom. The van der Waals surface area contributed by atoms with Crippen molar-refractivity contribution in [3.05, 3.63) is 0 Å². The molecule has 0 aromatic heterocycles. The lowest BCUT2D eigenvalue weighted by atomic mass is 10.0. The molecular weight excluding hydrogens is 616 g/mol. The summed E-state index contributed by atoms with van der Waals surface area (Å²) in [6.07, 6.45) is 0.905. The van der Waals surface area contributed by atoms with Crippen molar-refractivity contribution in [2.75, 3.05) is 19.6 Å². The number of rotatable bonds is 24. The van der Waals surface area contributed by atoms with Gasteiger partial charge in [-0.05, 0) is 64.3 Å². The molecule has 0 aliphatic rings. The number of nitrogens with zero attached hydrogens (tertiary/aromatic N) is 2. The van der Waals surface area contributed by atoms with Crippen LogP contribution in [0.1, 0.15) is 72.1 Å². The summed E-state index contributed by atoms with van der Waals surface area (Å²) in [6.45, 7) is 5.59. The van der Waals surface area contributed by atoms with Gasteiger partial charge in [-0.2, -0.15) is 0 Å². The van der Waals surface area contributed by atoms with Crippen LogP contribution in [-0.4, -0.2) is 108 Å². The number of carbonyl (C=O) groups excluding carboxylic acids is 4. The maximum Gasteiger partial charge on any atom is 0.326 e. The summed E-state index contributed by atoms with van der Waals surface area (Å²) < 4.78 is 0. The summed E-state index contributed by atoms with van der Waals surface area (Å²) >= 11 is 0. The van der Waals surface area contributed by atoms with E-state index < -0.39 is 65.9 Å². The lowest BCUT2D eigenvalue weighted by Gasteiger charge is -2.28. The van der Waals surface area contributed by atoms with Crippen LogP contribution in [0.5, 0.6) is 0 Å². The predicted molar refractivity (Wildman–Crippen MR) is 177 cm³/mol. The molecule has 0 radical (unpaired) electrons. The molecule has 0 rings (SSSR count). The molecule has 0 bridgehead atoms. The number of aliphatic hydroxyl groups is 1. The van der Waals surface area contributed by atoms with Crippen LogP contribution in [0.2, 0.25) is 0 Å². The predicted octanol–water partition coefficient (Wildman–Crippen LogP) is -4.00. The Morgan fingerprint density at radius 2 is 1.15 bits per heavy atom. The van der Waals surface area contributed by atoms with E-state index in [-0.39, 0.29) is 63.0 Å². The minimum absolute atomic E-state index is 0.0134. The molecule has 4 amide bonds. The van der Waals surface area contributed by atoms with Gasteiger partial charge in [0.1, 0.15) is 24.2 Å². The first-order valence-electron chi connectivity index (χ1n) is 15.7. The number of carboxylic acids is 1. The largest absolute Gasteiger partial charge is 0.480 e. The van der Waals surface area contributed by atoms with Crippen molar-refractivity contribution < 1.29 is 34.2 Å². The number of aliphatic imine (C=N–C) groups is 2. The standard InChI is InChI=1S/C28H56N12O7/c1-15(2)14-20(24(44)38-19(26(46)47)10-7-13-36-28(33)34)39-25(45)21(16(3)41)40-23(43)18(9-6-12-35-27(31)32)37-22(42)17(30)8-4-5-11-29/h15-21,41H,4-14,29-30H2,1-3H3,(H,37,42)(H,38,44)(H,39,45)(H,40,43)(H,46,47)(H4,31,32,35)(H4,33,34,36)/t16-,17-,18+,19-,20+,21-/m1/s1. The highest BCUT2D eigenvalue weighted by Gasteiger charge is 2.34. The van der Waals surface area contributed by atoms with E-state index in [1.807, 2.05) is 0 Å². The van der Waals surface area contributed by atoms with Crippen molar-refractivity contribution in [2.24, 2.45) is 50.3 Å². The first kappa shape index (κ1) is 42.8. The molecule has 0 heterocycles. The van der Waals surface area contributed by atoms with Gasteiger partial charge in [0, 0.05) is 13.1 Å². The lowest BCUT2D eigenvalue weighted by Crippen LogP contribution is -2.61. The highest BCUT2D eigenvalue weighted by Crippen LogP contribution is 2.09. The third kappa shape index (κ3) is 19.1. The van der Waals surface area contributed by atoms with E-state index in [4.69, 9.17) is 34.4 Å². The Labute approximate surface area is 275 Å². The molecule has 47 heavy (non-hydrogen) atoms. The van der Waals surface area contributed by atoms with Crippen LogP contribution in [0.15, 0.2) is 9.98 Å². The third-order valence-corrected chi connectivity index (χ3v) is 6.85. The number of unbranched alkanes of at least 4 members (excludes halogenated alkanes) is 1. The van der Waals surface area contributed by atoms with E-state index in [1.165, 1.54) is 6.92 Å². The van der Waals surface area contributed by atoms with Gasteiger partial charge in [0.05, 0.1) is 12.1 Å². The minimum Gasteiger partial charge on any atom is -0.480 e. The molecule has 0 aliphatic carbocycles. The highest BCUT2D eigenvalue weighted by molar-refractivity contribution is 5.95. The molecule has 0 aromatic rings.